The minimum atomic E-state index is -4.71. The molecule has 36 heteroatoms. The van der Waals surface area contributed by atoms with E-state index in [-0.39, 0.29) is 68.2 Å². The minimum absolute atomic E-state index is 0.0223. The van der Waals surface area contributed by atoms with E-state index in [1.165, 1.54) is 19.4 Å². The van der Waals surface area contributed by atoms with Crippen molar-refractivity contribution in [1.29, 1.82) is 0 Å². The van der Waals surface area contributed by atoms with Gasteiger partial charge >= 0.3 is 23.0 Å². The largest absolute Gasteiger partial charge is 0.778 e. The zero-order valence-electron chi connectivity index (χ0n) is 54.9. The third-order valence-electron chi connectivity index (χ3n) is 13.7. The van der Waals surface area contributed by atoms with E-state index >= 15 is 0 Å². The number of para-hydroxylation sites is 3. The number of carboxylic acids is 1. The summed E-state index contributed by atoms with van der Waals surface area (Å²) < 4.78 is 110. The molecule has 6 aromatic rings. The van der Waals surface area contributed by atoms with Gasteiger partial charge in [0.1, 0.15) is 37.3 Å². The number of hydrogen-bond acceptors (Lipinski definition) is 19. The Bertz CT molecular complexity index is 4020. The molecule has 0 bridgehead atoms. The van der Waals surface area contributed by atoms with E-state index in [4.69, 9.17) is 70.4 Å². The first-order valence-corrected chi connectivity index (χ1v) is 39.3. The first-order chi connectivity index (χ1) is 45.9. The fourth-order valence-electron chi connectivity index (χ4n) is 9.19. The summed E-state index contributed by atoms with van der Waals surface area (Å²) in [6, 6.07) is 18.0. The quantitative estimate of drug-likeness (QED) is 0.0129. The number of nitrogens with one attached hydrogen (secondary N) is 1. The van der Waals surface area contributed by atoms with Crippen molar-refractivity contribution in [3.8, 4) is 5.75 Å². The van der Waals surface area contributed by atoms with Gasteiger partial charge in [-0.3, -0.25) is 38.8 Å². The lowest BCUT2D eigenvalue weighted by atomic mass is 10.0. The van der Waals surface area contributed by atoms with Crippen LogP contribution in [0.2, 0.25) is 5.02 Å². The van der Waals surface area contributed by atoms with Crippen LogP contribution in [0.15, 0.2) is 103 Å². The summed E-state index contributed by atoms with van der Waals surface area (Å²) in [5, 5.41) is 13.7. The van der Waals surface area contributed by atoms with Crippen LogP contribution in [0, 0.1) is 12.7 Å². The van der Waals surface area contributed by atoms with Crippen LogP contribution >= 0.6 is 77.1 Å². The minimum Gasteiger partial charge on any atom is -0.778 e. The van der Waals surface area contributed by atoms with E-state index in [0.29, 0.717) is 70.5 Å². The second-order valence-electron chi connectivity index (χ2n) is 22.1. The number of aryl methyl sites for hydroxylation is 2. The molecule has 540 valence electrons. The summed E-state index contributed by atoms with van der Waals surface area (Å²) in [4.78, 5) is 94.6. The molecular weight excluding hydrogens is 1480 g/mol. The van der Waals surface area contributed by atoms with Crippen molar-refractivity contribution in [1.82, 2.24) is 19.8 Å². The number of sulfone groups is 1. The molecule has 0 spiro atoms. The van der Waals surface area contributed by atoms with Crippen molar-refractivity contribution < 1.29 is 88.1 Å². The number of hydrogen-bond donors (Lipinski definition) is 3. The molecule has 1 saturated carbocycles. The number of fused-ring (bicyclic) bond motifs is 2. The smallest absolute Gasteiger partial charge is 0.416 e. The number of ketones is 1. The highest BCUT2D eigenvalue weighted by atomic mass is 35.5. The van der Waals surface area contributed by atoms with E-state index < -0.39 is 75.3 Å². The summed E-state index contributed by atoms with van der Waals surface area (Å²) in [6.07, 6.45) is 7.50. The summed E-state index contributed by atoms with van der Waals surface area (Å²) in [5.41, 5.74) is 2.64. The van der Waals surface area contributed by atoms with E-state index in [1.54, 1.807) is 26.3 Å². The molecule has 2 aliphatic heterocycles. The number of esters is 1. The zero-order chi connectivity index (χ0) is 73.6. The van der Waals surface area contributed by atoms with Crippen LogP contribution in [0.5, 0.6) is 5.75 Å². The number of amides is 2. The molecule has 23 nitrogen and oxygen atoms in total. The Morgan fingerprint density at radius 1 is 1.01 bits per heavy atom. The number of thioether (sulfide) groups is 1. The second kappa shape index (κ2) is 39.4. The zero-order valence-corrected chi connectivity index (χ0v) is 62.1. The number of carboxylic acid groups (broad SMARTS) is 1. The van der Waals surface area contributed by atoms with Crippen LogP contribution in [0.4, 0.5) is 34.6 Å². The fraction of sp³-hybridized carbons (Fsp3) is 0.452. The molecule has 9 rings (SSSR count). The highest BCUT2D eigenvalue weighted by molar-refractivity contribution is 8.00. The summed E-state index contributed by atoms with van der Waals surface area (Å²) in [7, 11) is -4.81. The lowest BCUT2D eigenvalue weighted by Crippen LogP contribution is -2.47. The molecule has 2 amide bonds. The topological polar surface area (TPSA) is 312 Å². The number of nitrogens with zero attached hydrogens (tertiary/aromatic N) is 6. The molecular formula is C62H76Cl4F4N7O16PS4. The van der Waals surface area contributed by atoms with Crippen LogP contribution in [0.3, 0.4) is 0 Å². The van der Waals surface area contributed by atoms with Crippen molar-refractivity contribution in [3.63, 3.8) is 0 Å². The van der Waals surface area contributed by atoms with Crippen LogP contribution in [0.25, 0.3) is 0 Å². The van der Waals surface area contributed by atoms with Gasteiger partial charge in [0.25, 0.3) is 5.91 Å². The molecule has 3 unspecified atom stereocenters. The highest BCUT2D eigenvalue weighted by Gasteiger charge is 2.37. The summed E-state index contributed by atoms with van der Waals surface area (Å²) in [6.45, 7) is 9.75. The molecule has 98 heavy (non-hydrogen) atoms. The van der Waals surface area contributed by atoms with Gasteiger partial charge < -0.3 is 48.0 Å². The van der Waals surface area contributed by atoms with Gasteiger partial charge in [-0.15, -0.1) is 23.4 Å². The van der Waals surface area contributed by atoms with Gasteiger partial charge in [-0.2, -0.15) is 13.2 Å². The van der Waals surface area contributed by atoms with Crippen molar-refractivity contribution in [2.24, 2.45) is 4.99 Å². The summed E-state index contributed by atoms with van der Waals surface area (Å²) in [5.74, 6) is -2.16. The molecule has 2 aromatic heterocycles. The Labute approximate surface area is 595 Å². The van der Waals surface area contributed by atoms with Gasteiger partial charge in [0.2, 0.25) is 10.7 Å². The molecule has 4 aromatic carbocycles. The molecule has 1 aliphatic carbocycles. The predicted molar refractivity (Wildman–Crippen MR) is 372 cm³/mol. The number of anilines is 2. The number of aliphatic carboxylic acids is 1. The van der Waals surface area contributed by atoms with Crippen LogP contribution in [0.1, 0.15) is 90.7 Å². The first-order valence-electron chi connectivity index (χ1n) is 29.6. The maximum absolute atomic E-state index is 14.3. The fourth-order valence-corrected chi connectivity index (χ4v) is 12.8. The van der Waals surface area contributed by atoms with Crippen LogP contribution in [-0.2, 0) is 79.6 Å². The molecule has 0 radical (unpaired) electrons. The van der Waals surface area contributed by atoms with Gasteiger partial charge in [-0.05, 0) is 129 Å². The third-order valence-corrected chi connectivity index (χ3v) is 18.3. The first kappa shape index (κ1) is 84.6. The van der Waals surface area contributed by atoms with E-state index in [1.807, 2.05) is 62.5 Å². The number of halogens is 8. The molecule has 3 aliphatic rings. The molecule has 3 N–H and O–H groups in total. The maximum atomic E-state index is 14.3. The Balaban J connectivity index is 0.000000263. The number of methoxy groups -OCH3 is 2. The van der Waals surface area contributed by atoms with Gasteiger partial charge in [0.15, 0.2) is 26.2 Å². The maximum Gasteiger partial charge on any atom is 0.416 e. The van der Waals surface area contributed by atoms with Crippen molar-refractivity contribution in [2.45, 2.75) is 112 Å². The van der Waals surface area contributed by atoms with Crippen molar-refractivity contribution in [3.05, 3.63) is 138 Å². The lowest BCUT2D eigenvalue weighted by Gasteiger charge is -2.35. The van der Waals surface area contributed by atoms with E-state index in [0.717, 1.165) is 96.1 Å². The predicted octanol–water partition coefficient (Wildman–Crippen LogP) is 10.4. The molecule has 1 fully saturated rings. The van der Waals surface area contributed by atoms with E-state index in [2.05, 4.69) is 46.6 Å². The molecule has 0 saturated heterocycles. The average molecular weight is 1550 g/mol. The van der Waals surface area contributed by atoms with Gasteiger partial charge in [0, 0.05) is 42.8 Å². The number of benzene rings is 4. The lowest BCUT2D eigenvalue weighted by molar-refractivity contribution is -0.193. The number of ether oxygens (including phenoxy) is 3. The van der Waals surface area contributed by atoms with Crippen LogP contribution in [-0.4, -0.2) is 156 Å². The van der Waals surface area contributed by atoms with Crippen molar-refractivity contribution in [2.75, 3.05) is 86.7 Å². The van der Waals surface area contributed by atoms with Gasteiger partial charge in [-0.25, -0.2) is 22.5 Å². The second-order valence-corrected chi connectivity index (χ2v) is 31.8. The Morgan fingerprint density at radius 2 is 1.65 bits per heavy atom. The molecule has 4 heterocycles. The normalized spacial score (nSPS) is 15.0. The number of carbonyl (C=O) groups excluding carboxylic acids is 4. The highest BCUT2D eigenvalue weighted by Crippen LogP contribution is 2.43. The van der Waals surface area contributed by atoms with Crippen molar-refractivity contribution >= 4 is 144 Å². The number of aromatic nitrogens is 3. The standard InChI is InChI=1S/C15H15ClFN3O3S2.C15H22ClNO2.C15H12F3NO4S.C11H11Cl2NO2.C3H8NO5P.C3H9S/c1-23-13(21)8-24-12-7-11(10(17)6-9(12)16)18-14-19-4-2-3-5-20(19)15(22)25-14;1-5-13-8-6-7-11(2)15(13)17(14(18)9-16)12(3)10-19-4;1-24(21,22)12-6-9(15(16,17)18)4-5-10(12)13(20)11-7-19-23-14(11)8-2-3-8;1-7-6-16-9-5-3-2-4-8(9)14(7)11(15)10(12)13;5-3(6)1-4-2-10(7,8)9;1-4(2)3/h6-7H,2-5,8H2,1H3;6-8,12H,5,9-10H2,1-4H3;4-8H,2-3H2,1H3;2-5,7,10H,6H2,1H3;4H,1-2H2,(H,5,6)(H2,7,8,9);1-3H3/q;;;;;+1/p-1. The van der Waals surface area contributed by atoms with E-state index in [9.17, 15) is 64.2 Å². The SMILES string of the molecule is CC1COc2ccccc2N1C(=O)C(Cl)Cl.CCc1cccc(C)c1N(C(=O)CCl)C(C)COC.COC(=O)CSc1cc(N=c2sc(=O)n3n2CCCC3)c(F)cc1Cl.CS(=O)(=O)c1cc(C(F)(F)F)ccc1C(=O)c1cnoc1C1CC1.C[S+](C)C.O=C(O)CNCP(=O)([O-])O. The molecule has 3 atom stereocenters. The Kier molecular flexibility index (Phi) is 34.0. The number of rotatable bonds is 19. The third kappa shape index (κ3) is 26.0. The average Bonchev–Trinajstić information content (AvgIpc) is 1.36. The number of alkyl halides is 6. The Morgan fingerprint density at radius 3 is 2.21 bits per heavy atom. The van der Waals surface area contributed by atoms with Gasteiger partial charge in [0.05, 0.1) is 102 Å². The Hall–Kier alpha value is -5.80. The van der Waals surface area contributed by atoms with Gasteiger partial charge in [-0.1, -0.05) is 77.2 Å². The number of carbonyl (C=O) groups is 5. The van der Waals surface area contributed by atoms with Crippen LogP contribution < -0.4 is 34.4 Å². The summed E-state index contributed by atoms with van der Waals surface area (Å²) >= 11 is 25.2. The monoisotopic (exact) mass is 1550 g/mol.